The molecule has 0 N–H and O–H groups in total. The fraction of sp³-hybridized carbons (Fsp3) is 0.362. The van der Waals surface area contributed by atoms with Crippen LogP contribution in [0.1, 0.15) is 61.8 Å². The van der Waals surface area contributed by atoms with E-state index in [4.69, 9.17) is 28.4 Å². The minimum atomic E-state index is -0.544. The smallest absolute Gasteiger partial charge is 0.302 e. The summed E-state index contributed by atoms with van der Waals surface area (Å²) in [7, 11) is 3.43. The Morgan fingerprint density at radius 2 is 1.07 bits per heavy atom. The van der Waals surface area contributed by atoms with Crippen molar-refractivity contribution in [1.29, 1.82) is 0 Å². The van der Waals surface area contributed by atoms with Gasteiger partial charge in [0.05, 0.1) is 18.6 Å². The van der Waals surface area contributed by atoms with E-state index in [0.29, 0.717) is 38.3 Å². The molecule has 1 unspecified atom stereocenters. The van der Waals surface area contributed by atoms with Crippen LogP contribution in [0.15, 0.2) is 109 Å². The van der Waals surface area contributed by atoms with Crippen molar-refractivity contribution in [2.45, 2.75) is 44.9 Å². The Labute approximate surface area is 324 Å². The molecule has 2 aliphatic carbocycles. The van der Waals surface area contributed by atoms with Crippen LogP contribution >= 0.6 is 0 Å². The van der Waals surface area contributed by atoms with Gasteiger partial charge in [0.1, 0.15) is 31.3 Å². The first kappa shape index (κ1) is 39.5. The van der Waals surface area contributed by atoms with Crippen LogP contribution in [0.4, 0.5) is 0 Å². The Morgan fingerprint density at radius 3 is 1.64 bits per heavy atom. The number of methoxy groups -OCH3 is 2. The van der Waals surface area contributed by atoms with Crippen LogP contribution in [0.25, 0.3) is 21.9 Å². The zero-order chi connectivity index (χ0) is 38.6. The van der Waals surface area contributed by atoms with Gasteiger partial charge in [-0.2, -0.15) is 0 Å². The summed E-state index contributed by atoms with van der Waals surface area (Å²) in [6.45, 7) is 5.89. The van der Waals surface area contributed by atoms with E-state index < -0.39 is 5.41 Å². The predicted octanol–water partition coefficient (Wildman–Crippen LogP) is 9.17. The average Bonchev–Trinajstić information content (AvgIpc) is 3.49. The van der Waals surface area contributed by atoms with Gasteiger partial charge in [-0.25, -0.2) is 0 Å². The van der Waals surface area contributed by atoms with Crippen molar-refractivity contribution in [3.05, 3.63) is 131 Å². The van der Waals surface area contributed by atoms with Gasteiger partial charge >= 0.3 is 11.9 Å². The largest absolute Gasteiger partial charge is 0.491 e. The van der Waals surface area contributed by atoms with Crippen molar-refractivity contribution < 1.29 is 38.0 Å². The van der Waals surface area contributed by atoms with E-state index >= 15 is 0 Å². The summed E-state index contributed by atoms with van der Waals surface area (Å²) in [5.74, 6) is 2.35. The molecular weight excluding hydrogens is 693 g/mol. The number of hydrogen-bond acceptors (Lipinski definition) is 8. The van der Waals surface area contributed by atoms with Crippen LogP contribution in [0.3, 0.4) is 0 Å². The molecule has 0 amide bonds. The van der Waals surface area contributed by atoms with Crippen LogP contribution < -0.4 is 9.47 Å². The van der Waals surface area contributed by atoms with Crippen LogP contribution in [0, 0.1) is 11.8 Å². The maximum Gasteiger partial charge on any atom is 0.302 e. The molecule has 1 saturated carbocycles. The fourth-order valence-electron chi connectivity index (χ4n) is 7.98. The molecule has 5 aromatic carbocycles. The van der Waals surface area contributed by atoms with E-state index in [1.165, 1.54) is 72.6 Å². The summed E-state index contributed by atoms with van der Waals surface area (Å²) < 4.78 is 32.1. The average molecular weight is 745 g/mol. The first-order valence-electron chi connectivity index (χ1n) is 19.2. The quantitative estimate of drug-likeness (QED) is 0.0806. The Hall–Kier alpha value is -5.18. The van der Waals surface area contributed by atoms with Crippen molar-refractivity contribution in [3.63, 3.8) is 0 Å². The van der Waals surface area contributed by atoms with Gasteiger partial charge in [-0.05, 0) is 118 Å². The molecule has 288 valence electrons. The molecule has 0 bridgehead atoms. The molecule has 7 rings (SSSR count). The molecule has 0 aliphatic heterocycles. The van der Waals surface area contributed by atoms with E-state index in [1.54, 1.807) is 14.2 Å². The van der Waals surface area contributed by atoms with Crippen molar-refractivity contribution in [2.24, 2.45) is 11.8 Å². The molecule has 0 saturated heterocycles. The Kier molecular flexibility index (Phi) is 13.6. The van der Waals surface area contributed by atoms with E-state index in [1.807, 2.05) is 24.3 Å². The number of hydrogen-bond donors (Lipinski definition) is 0. The summed E-state index contributed by atoms with van der Waals surface area (Å²) in [5, 5.41) is 2.42. The first-order chi connectivity index (χ1) is 26.8. The summed E-state index contributed by atoms with van der Waals surface area (Å²) in [6, 6.07) is 38.6. The molecule has 55 heavy (non-hydrogen) atoms. The van der Waals surface area contributed by atoms with Gasteiger partial charge in [0.2, 0.25) is 0 Å². The lowest BCUT2D eigenvalue weighted by Crippen LogP contribution is -2.28. The second kappa shape index (κ2) is 18.9. The van der Waals surface area contributed by atoms with Crippen molar-refractivity contribution in [2.75, 3.05) is 53.9 Å². The third kappa shape index (κ3) is 9.38. The molecule has 0 radical (unpaired) electrons. The summed E-state index contributed by atoms with van der Waals surface area (Å²) in [4.78, 5) is 21.7. The van der Waals surface area contributed by atoms with Gasteiger partial charge in [0.15, 0.2) is 0 Å². The zero-order valence-corrected chi connectivity index (χ0v) is 32.4. The van der Waals surface area contributed by atoms with E-state index in [9.17, 15) is 9.59 Å². The van der Waals surface area contributed by atoms with Crippen LogP contribution in [0.5, 0.6) is 11.5 Å². The summed E-state index contributed by atoms with van der Waals surface area (Å²) >= 11 is 0. The van der Waals surface area contributed by atoms with Gasteiger partial charge in [-0.1, -0.05) is 72.8 Å². The molecule has 1 atom stereocenters. The Morgan fingerprint density at radius 1 is 0.545 bits per heavy atom. The van der Waals surface area contributed by atoms with Crippen LogP contribution in [0.2, 0.25) is 0 Å². The highest BCUT2D eigenvalue weighted by molar-refractivity contribution is 5.95. The van der Waals surface area contributed by atoms with Gasteiger partial charge in [-0.15, -0.1) is 0 Å². The zero-order valence-electron chi connectivity index (χ0n) is 32.4. The molecule has 8 nitrogen and oxygen atoms in total. The lowest BCUT2D eigenvalue weighted by Gasteiger charge is -2.34. The monoisotopic (exact) mass is 744 g/mol. The molecular formula is C47H52O8. The SMILES string of the molecule is COCC1CCC(COC(C)=O)CC1.COCCOc1ccc(C2(c3ccc(OCCOC(C)=O)cc3)c3ccccc3-c3cc4ccccc4cc32)cc1. The third-order valence-corrected chi connectivity index (χ3v) is 10.6. The molecule has 0 heterocycles. The third-order valence-electron chi connectivity index (χ3n) is 10.6. The van der Waals surface area contributed by atoms with Crippen molar-refractivity contribution in [3.8, 4) is 22.6 Å². The molecule has 5 aromatic rings. The maximum atomic E-state index is 11.1. The van der Waals surface area contributed by atoms with Crippen LogP contribution in [-0.2, 0) is 34.0 Å². The maximum absolute atomic E-state index is 11.1. The number of ether oxygens (including phenoxy) is 6. The highest BCUT2D eigenvalue weighted by atomic mass is 16.6. The lowest BCUT2D eigenvalue weighted by atomic mass is 9.67. The molecule has 8 heteroatoms. The number of carbonyl (C=O) groups is 2. The minimum Gasteiger partial charge on any atom is -0.491 e. The van der Waals surface area contributed by atoms with Gasteiger partial charge in [0, 0.05) is 34.7 Å². The minimum absolute atomic E-state index is 0.163. The molecule has 1 fully saturated rings. The lowest BCUT2D eigenvalue weighted by molar-refractivity contribution is -0.143. The Balaban J connectivity index is 0.000000311. The molecule has 2 aliphatic rings. The highest BCUT2D eigenvalue weighted by Gasteiger charge is 2.46. The van der Waals surface area contributed by atoms with Crippen LogP contribution in [-0.4, -0.2) is 65.8 Å². The van der Waals surface area contributed by atoms with Crippen molar-refractivity contribution in [1.82, 2.24) is 0 Å². The fourth-order valence-corrected chi connectivity index (χ4v) is 7.98. The Bertz CT molecular complexity index is 2010. The van der Waals surface area contributed by atoms with Crippen molar-refractivity contribution >= 4 is 22.7 Å². The summed E-state index contributed by atoms with van der Waals surface area (Å²) in [6.07, 6.45) is 4.75. The van der Waals surface area contributed by atoms with E-state index in [2.05, 4.69) is 84.9 Å². The second-order valence-electron chi connectivity index (χ2n) is 14.3. The van der Waals surface area contributed by atoms with Gasteiger partial charge < -0.3 is 28.4 Å². The number of esters is 2. The summed E-state index contributed by atoms with van der Waals surface area (Å²) in [5.41, 5.74) is 6.70. The number of carbonyl (C=O) groups excluding carboxylic acids is 2. The first-order valence-corrected chi connectivity index (χ1v) is 19.2. The number of benzene rings is 5. The normalized spacial score (nSPS) is 18.3. The number of rotatable bonds is 14. The topological polar surface area (TPSA) is 89.5 Å². The van der Waals surface area contributed by atoms with E-state index in [-0.39, 0.29) is 18.5 Å². The standard InChI is InChI=1S/C36H32O5.C11H20O3/c1-25(37)39-21-22-41-31-17-13-29(14-18-31)36(28-11-15-30(16-12-28)40-20-19-38-2)34-10-6-5-9-32(34)33-23-26-7-3-4-8-27(26)24-35(33)36;1-9(12)14-8-11-5-3-10(4-6-11)7-13-2/h3-18,23-24H,19-22H2,1-2H3;10-11H,3-8H2,1-2H3. The highest BCUT2D eigenvalue weighted by Crippen LogP contribution is 2.57. The molecule has 0 spiro atoms. The number of fused-ring (bicyclic) bond motifs is 4. The predicted molar refractivity (Wildman–Crippen MR) is 215 cm³/mol. The second-order valence-corrected chi connectivity index (χ2v) is 14.3. The van der Waals surface area contributed by atoms with Gasteiger partial charge in [0.25, 0.3) is 0 Å². The molecule has 0 aromatic heterocycles. The van der Waals surface area contributed by atoms with E-state index in [0.717, 1.165) is 29.2 Å². The van der Waals surface area contributed by atoms with Gasteiger partial charge in [-0.3, -0.25) is 9.59 Å².